The van der Waals surface area contributed by atoms with Crippen molar-refractivity contribution in [3.05, 3.63) is 70.9 Å². The molecule has 0 saturated carbocycles. The second kappa shape index (κ2) is 6.20. The molecule has 2 aromatic carbocycles. The van der Waals surface area contributed by atoms with E-state index in [1.54, 1.807) is 0 Å². The van der Waals surface area contributed by atoms with Gasteiger partial charge < -0.3 is 4.90 Å². The Morgan fingerprint density at radius 2 is 1.73 bits per heavy atom. The lowest BCUT2D eigenvalue weighted by Gasteiger charge is -2.11. The van der Waals surface area contributed by atoms with Crippen LogP contribution in [0.2, 0.25) is 5.02 Å². The largest absolute Gasteiger partial charge is 0.378 e. The van der Waals surface area contributed by atoms with Crippen LogP contribution in [0.3, 0.4) is 0 Å². The van der Waals surface area contributed by atoms with E-state index < -0.39 is 0 Å². The van der Waals surface area contributed by atoms with Crippen LogP contribution in [0.15, 0.2) is 54.7 Å². The number of nitrogens with zero attached hydrogens (tertiary/aromatic N) is 2. The van der Waals surface area contributed by atoms with Gasteiger partial charge in [-0.25, -0.2) is 0 Å². The van der Waals surface area contributed by atoms with Crippen LogP contribution in [0.25, 0.3) is 23.1 Å². The molecule has 3 aromatic rings. The van der Waals surface area contributed by atoms with Crippen LogP contribution in [-0.4, -0.2) is 19.1 Å². The predicted octanol–water partition coefficient (Wildman–Crippen LogP) is 5.12. The van der Waals surface area contributed by atoms with Gasteiger partial charge in [0.05, 0.1) is 5.52 Å². The maximum absolute atomic E-state index is 6.10. The molecule has 0 amide bonds. The lowest BCUT2D eigenvalue weighted by Crippen LogP contribution is -2.07. The van der Waals surface area contributed by atoms with Gasteiger partial charge in [0.2, 0.25) is 0 Å². The molecule has 0 aliphatic carbocycles. The number of benzene rings is 2. The lowest BCUT2D eigenvalue weighted by molar-refractivity contribution is 1.13. The summed E-state index contributed by atoms with van der Waals surface area (Å²) >= 11 is 6.10. The molecule has 0 saturated heterocycles. The van der Waals surface area contributed by atoms with E-state index in [9.17, 15) is 0 Å². The fourth-order valence-corrected chi connectivity index (χ4v) is 2.53. The molecular weight excluding hydrogens is 292 g/mol. The van der Waals surface area contributed by atoms with Crippen molar-refractivity contribution < 1.29 is 0 Å². The van der Waals surface area contributed by atoms with Gasteiger partial charge in [0.15, 0.2) is 0 Å². The number of halogens is 1. The first kappa shape index (κ1) is 14.6. The summed E-state index contributed by atoms with van der Waals surface area (Å²) < 4.78 is 0. The zero-order valence-corrected chi connectivity index (χ0v) is 13.4. The summed E-state index contributed by atoms with van der Waals surface area (Å²) in [6, 6.07) is 16.2. The highest BCUT2D eigenvalue weighted by Gasteiger charge is 2.00. The van der Waals surface area contributed by atoms with Crippen LogP contribution in [0.5, 0.6) is 0 Å². The molecule has 0 spiro atoms. The summed E-state index contributed by atoms with van der Waals surface area (Å²) in [5, 5.41) is 1.79. The van der Waals surface area contributed by atoms with Crippen LogP contribution >= 0.6 is 11.6 Å². The van der Waals surface area contributed by atoms with Crippen LogP contribution in [0, 0.1) is 0 Å². The molecule has 0 fully saturated rings. The fraction of sp³-hybridized carbons (Fsp3) is 0.105. The quantitative estimate of drug-likeness (QED) is 0.667. The molecule has 22 heavy (non-hydrogen) atoms. The summed E-state index contributed by atoms with van der Waals surface area (Å²) in [6.45, 7) is 0. The Kier molecular flexibility index (Phi) is 4.12. The second-order valence-corrected chi connectivity index (χ2v) is 5.82. The monoisotopic (exact) mass is 308 g/mol. The first-order valence-corrected chi connectivity index (χ1v) is 7.51. The lowest BCUT2D eigenvalue weighted by atomic mass is 10.1. The average molecular weight is 309 g/mol. The van der Waals surface area contributed by atoms with E-state index >= 15 is 0 Å². The molecule has 1 heterocycles. The van der Waals surface area contributed by atoms with Gasteiger partial charge in [0, 0.05) is 36.4 Å². The average Bonchev–Trinajstić information content (AvgIpc) is 2.53. The first-order chi connectivity index (χ1) is 10.6. The highest BCUT2D eigenvalue weighted by Crippen LogP contribution is 2.23. The van der Waals surface area contributed by atoms with Gasteiger partial charge in [0.25, 0.3) is 0 Å². The molecule has 1 aromatic heterocycles. The molecule has 110 valence electrons. The molecule has 0 bridgehead atoms. The van der Waals surface area contributed by atoms with Crippen molar-refractivity contribution in [1.29, 1.82) is 0 Å². The highest BCUT2D eigenvalue weighted by molar-refractivity contribution is 6.31. The number of hydrogen-bond acceptors (Lipinski definition) is 2. The summed E-state index contributed by atoms with van der Waals surface area (Å²) in [7, 11) is 4.08. The molecule has 0 radical (unpaired) electrons. The first-order valence-electron chi connectivity index (χ1n) is 7.13. The standard InChI is InChI=1S/C19H17ClN2/c1-22(2)17-8-4-14(5-9-17)3-6-15-11-12-21-19-10-7-16(20)13-18(15)19/h3-13H,1-2H3/b6-3+. The predicted molar refractivity (Wildman–Crippen MR) is 96.5 cm³/mol. The zero-order valence-electron chi connectivity index (χ0n) is 12.6. The van der Waals surface area contributed by atoms with Crippen molar-refractivity contribution in [2.45, 2.75) is 0 Å². The second-order valence-electron chi connectivity index (χ2n) is 5.38. The van der Waals surface area contributed by atoms with Crippen molar-refractivity contribution in [3.8, 4) is 0 Å². The van der Waals surface area contributed by atoms with Gasteiger partial charge in [-0.1, -0.05) is 35.9 Å². The minimum Gasteiger partial charge on any atom is -0.378 e. The van der Waals surface area contributed by atoms with Gasteiger partial charge in [-0.15, -0.1) is 0 Å². The third-order valence-electron chi connectivity index (χ3n) is 3.60. The molecular formula is C19H17ClN2. The Morgan fingerprint density at radius 3 is 2.45 bits per heavy atom. The molecule has 3 heteroatoms. The van der Waals surface area contributed by atoms with Gasteiger partial charge >= 0.3 is 0 Å². The van der Waals surface area contributed by atoms with Crippen LogP contribution in [-0.2, 0) is 0 Å². The van der Waals surface area contributed by atoms with Crippen molar-refractivity contribution >= 4 is 40.3 Å². The minimum absolute atomic E-state index is 0.727. The minimum atomic E-state index is 0.727. The Hall–Kier alpha value is -2.32. The van der Waals surface area contributed by atoms with Crippen molar-refractivity contribution in [2.75, 3.05) is 19.0 Å². The zero-order chi connectivity index (χ0) is 15.5. The molecule has 0 unspecified atom stereocenters. The van der Waals surface area contributed by atoms with E-state index in [2.05, 4.69) is 46.3 Å². The van der Waals surface area contributed by atoms with Gasteiger partial charge in [0.1, 0.15) is 0 Å². The van der Waals surface area contributed by atoms with Crippen molar-refractivity contribution in [2.24, 2.45) is 0 Å². The Balaban J connectivity index is 1.93. The van der Waals surface area contributed by atoms with Crippen molar-refractivity contribution in [1.82, 2.24) is 4.98 Å². The SMILES string of the molecule is CN(C)c1ccc(/C=C/c2ccnc3ccc(Cl)cc23)cc1. The van der Waals surface area contributed by atoms with Crippen LogP contribution in [0.4, 0.5) is 5.69 Å². The van der Waals surface area contributed by atoms with Gasteiger partial charge in [-0.2, -0.15) is 0 Å². The normalized spacial score (nSPS) is 11.2. The van der Waals surface area contributed by atoms with Crippen LogP contribution < -0.4 is 4.90 Å². The molecule has 0 aliphatic rings. The van der Waals surface area contributed by atoms with E-state index in [-0.39, 0.29) is 0 Å². The molecule has 0 N–H and O–H groups in total. The maximum Gasteiger partial charge on any atom is 0.0709 e. The maximum atomic E-state index is 6.10. The summed E-state index contributed by atoms with van der Waals surface area (Å²) in [6.07, 6.45) is 6.03. The van der Waals surface area contributed by atoms with Gasteiger partial charge in [-0.3, -0.25) is 4.98 Å². The molecule has 0 aliphatic heterocycles. The van der Waals surface area contributed by atoms with E-state index in [4.69, 9.17) is 11.6 Å². The number of aromatic nitrogens is 1. The number of hydrogen-bond donors (Lipinski definition) is 0. The Morgan fingerprint density at radius 1 is 0.955 bits per heavy atom. The number of pyridine rings is 1. The number of rotatable bonds is 3. The summed E-state index contributed by atoms with van der Waals surface area (Å²) in [5.41, 5.74) is 4.43. The van der Waals surface area contributed by atoms with E-state index in [1.165, 1.54) is 5.69 Å². The highest BCUT2D eigenvalue weighted by atomic mass is 35.5. The third-order valence-corrected chi connectivity index (χ3v) is 3.84. The Labute approximate surface area is 135 Å². The smallest absolute Gasteiger partial charge is 0.0709 e. The molecule has 3 rings (SSSR count). The van der Waals surface area contributed by atoms with E-state index in [1.807, 2.05) is 44.6 Å². The fourth-order valence-electron chi connectivity index (χ4n) is 2.35. The molecule has 0 atom stereocenters. The van der Waals surface area contributed by atoms with Gasteiger partial charge in [-0.05, 0) is 47.5 Å². The van der Waals surface area contributed by atoms with E-state index in [0.29, 0.717) is 0 Å². The Bertz CT molecular complexity index is 820. The van der Waals surface area contributed by atoms with Crippen molar-refractivity contribution in [3.63, 3.8) is 0 Å². The van der Waals surface area contributed by atoms with Crippen LogP contribution in [0.1, 0.15) is 11.1 Å². The summed E-state index contributed by atoms with van der Waals surface area (Å²) in [4.78, 5) is 6.46. The number of fused-ring (bicyclic) bond motifs is 1. The number of anilines is 1. The van der Waals surface area contributed by atoms with E-state index in [0.717, 1.165) is 27.1 Å². The topological polar surface area (TPSA) is 16.1 Å². The third kappa shape index (κ3) is 3.12. The summed E-state index contributed by atoms with van der Waals surface area (Å²) in [5.74, 6) is 0. The molecule has 2 nitrogen and oxygen atoms in total.